The van der Waals surface area contributed by atoms with Crippen molar-refractivity contribution in [1.29, 1.82) is 0 Å². The standard InChI is InChI=1S/C21H27F3N2O3S/c1-20(2,3)25-18(28)14-10-12-6-4-5-7-13(12)11-26(14)19(29)16-9-8-15(30-16)17(27)21(22,23)24/h8-9,12-14H,4-7,10-11H2,1-3H3,(H,25,28)/t12-,13+,14+/m0/s1. The zero-order valence-electron chi connectivity index (χ0n) is 17.3. The molecule has 1 aromatic rings. The first-order valence-corrected chi connectivity index (χ1v) is 11.0. The lowest BCUT2D eigenvalue weighted by Gasteiger charge is -2.45. The van der Waals surface area contributed by atoms with E-state index in [2.05, 4.69) is 5.32 Å². The number of piperidine rings is 1. The van der Waals surface area contributed by atoms with Crippen LogP contribution in [0.4, 0.5) is 13.2 Å². The fraction of sp³-hybridized carbons (Fsp3) is 0.667. The summed E-state index contributed by atoms with van der Waals surface area (Å²) < 4.78 is 38.2. The van der Waals surface area contributed by atoms with E-state index in [0.29, 0.717) is 30.2 Å². The number of ketones is 1. The SMILES string of the molecule is CC(C)(C)NC(=O)[C@H]1C[C@@H]2CCCC[C@@H]2CN1C(=O)c1ccc(C(=O)C(F)(F)F)s1. The minimum Gasteiger partial charge on any atom is -0.350 e. The summed E-state index contributed by atoms with van der Waals surface area (Å²) in [6, 6.07) is 1.61. The highest BCUT2D eigenvalue weighted by atomic mass is 32.1. The molecule has 5 nitrogen and oxygen atoms in total. The van der Waals surface area contributed by atoms with Crippen molar-refractivity contribution in [2.45, 2.75) is 70.6 Å². The first-order valence-electron chi connectivity index (χ1n) is 10.2. The van der Waals surface area contributed by atoms with Gasteiger partial charge in [0.25, 0.3) is 11.7 Å². The van der Waals surface area contributed by atoms with E-state index in [1.807, 2.05) is 20.8 Å². The van der Waals surface area contributed by atoms with Crippen molar-refractivity contribution in [1.82, 2.24) is 10.2 Å². The number of nitrogens with one attached hydrogen (secondary N) is 1. The Labute approximate surface area is 178 Å². The lowest BCUT2D eigenvalue weighted by atomic mass is 9.72. The highest BCUT2D eigenvalue weighted by Gasteiger charge is 2.44. The molecule has 9 heteroatoms. The Balaban J connectivity index is 1.85. The maximum absolute atomic E-state index is 13.2. The Hall–Kier alpha value is -1.90. The number of nitrogens with zero attached hydrogens (tertiary/aromatic N) is 1. The molecule has 0 radical (unpaired) electrons. The minimum absolute atomic E-state index is 0.0467. The fourth-order valence-corrected chi connectivity index (χ4v) is 5.33. The number of thiophene rings is 1. The average Bonchev–Trinajstić information content (AvgIpc) is 3.13. The van der Waals surface area contributed by atoms with Crippen LogP contribution in [0.2, 0.25) is 0 Å². The quantitative estimate of drug-likeness (QED) is 0.702. The first-order chi connectivity index (χ1) is 13.9. The van der Waals surface area contributed by atoms with Gasteiger partial charge in [0, 0.05) is 12.1 Å². The van der Waals surface area contributed by atoms with Gasteiger partial charge in [-0.1, -0.05) is 19.3 Å². The van der Waals surface area contributed by atoms with Gasteiger partial charge in [-0.15, -0.1) is 11.3 Å². The predicted molar refractivity (Wildman–Crippen MR) is 107 cm³/mol. The number of likely N-dealkylation sites (tertiary alicyclic amines) is 1. The molecule has 166 valence electrons. The molecule has 2 fully saturated rings. The molecule has 0 unspecified atom stereocenters. The van der Waals surface area contributed by atoms with Gasteiger partial charge in [-0.25, -0.2) is 0 Å². The van der Waals surface area contributed by atoms with E-state index in [0.717, 1.165) is 31.7 Å². The monoisotopic (exact) mass is 444 g/mol. The van der Waals surface area contributed by atoms with Gasteiger partial charge in [-0.2, -0.15) is 13.2 Å². The molecule has 0 bridgehead atoms. The molecule has 1 aromatic heterocycles. The van der Waals surface area contributed by atoms with Crippen molar-refractivity contribution >= 4 is 28.9 Å². The molecule has 30 heavy (non-hydrogen) atoms. The Morgan fingerprint density at radius 1 is 1.03 bits per heavy atom. The summed E-state index contributed by atoms with van der Waals surface area (Å²) >= 11 is 0.533. The third-order valence-corrected chi connectivity index (χ3v) is 6.83. The molecule has 1 aliphatic heterocycles. The Morgan fingerprint density at radius 3 is 2.23 bits per heavy atom. The average molecular weight is 445 g/mol. The summed E-state index contributed by atoms with van der Waals surface area (Å²) in [5.41, 5.74) is -0.468. The van der Waals surface area contributed by atoms with Crippen LogP contribution in [-0.4, -0.2) is 46.8 Å². The summed E-state index contributed by atoms with van der Waals surface area (Å²) in [6.07, 6.45) is -0.250. The van der Waals surface area contributed by atoms with E-state index in [-0.39, 0.29) is 16.7 Å². The number of fused-ring (bicyclic) bond motifs is 1. The molecule has 1 N–H and O–H groups in total. The second-order valence-corrected chi connectivity index (χ2v) is 10.3. The van der Waals surface area contributed by atoms with E-state index in [9.17, 15) is 27.6 Å². The maximum atomic E-state index is 13.2. The Morgan fingerprint density at radius 2 is 1.63 bits per heavy atom. The Bertz CT molecular complexity index is 828. The molecule has 3 atom stereocenters. The molecule has 1 saturated heterocycles. The van der Waals surface area contributed by atoms with Crippen molar-refractivity contribution in [2.75, 3.05) is 6.54 Å². The smallest absolute Gasteiger partial charge is 0.350 e. The van der Waals surface area contributed by atoms with Crippen molar-refractivity contribution in [3.05, 3.63) is 21.9 Å². The van der Waals surface area contributed by atoms with Crippen LogP contribution in [-0.2, 0) is 4.79 Å². The first kappa shape index (κ1) is 22.8. The lowest BCUT2D eigenvalue weighted by Crippen LogP contribution is -2.58. The van der Waals surface area contributed by atoms with Crippen molar-refractivity contribution in [2.24, 2.45) is 11.8 Å². The lowest BCUT2D eigenvalue weighted by molar-refractivity contribution is -0.130. The minimum atomic E-state index is -4.99. The molecule has 3 rings (SSSR count). The zero-order valence-corrected chi connectivity index (χ0v) is 18.2. The van der Waals surface area contributed by atoms with Gasteiger partial charge in [0.1, 0.15) is 6.04 Å². The van der Waals surface area contributed by atoms with Gasteiger partial charge in [-0.05, 0) is 57.6 Å². The third-order valence-electron chi connectivity index (χ3n) is 5.76. The molecule has 1 aliphatic carbocycles. The van der Waals surface area contributed by atoms with Crippen LogP contribution in [0.15, 0.2) is 12.1 Å². The molecule has 1 saturated carbocycles. The summed E-state index contributed by atoms with van der Waals surface area (Å²) in [7, 11) is 0. The number of hydrogen-bond acceptors (Lipinski definition) is 4. The van der Waals surface area contributed by atoms with E-state index >= 15 is 0 Å². The molecular weight excluding hydrogens is 417 g/mol. The van der Waals surface area contributed by atoms with Crippen LogP contribution in [0.25, 0.3) is 0 Å². The zero-order chi connectivity index (χ0) is 22.3. The second-order valence-electron chi connectivity index (χ2n) is 9.24. The van der Waals surface area contributed by atoms with Crippen LogP contribution in [0.3, 0.4) is 0 Å². The number of carbonyl (C=O) groups is 3. The molecule has 2 aliphatic rings. The van der Waals surface area contributed by atoms with Crippen molar-refractivity contribution < 1.29 is 27.6 Å². The van der Waals surface area contributed by atoms with Crippen LogP contribution < -0.4 is 5.32 Å². The van der Waals surface area contributed by atoms with Gasteiger partial charge in [-0.3, -0.25) is 14.4 Å². The summed E-state index contributed by atoms with van der Waals surface area (Å²) in [5.74, 6) is -2.04. The number of amides is 2. The van der Waals surface area contributed by atoms with Gasteiger partial charge in [0.2, 0.25) is 5.91 Å². The van der Waals surface area contributed by atoms with Crippen molar-refractivity contribution in [3.8, 4) is 0 Å². The number of hydrogen-bond donors (Lipinski definition) is 1. The van der Waals surface area contributed by atoms with E-state index in [4.69, 9.17) is 0 Å². The van der Waals surface area contributed by atoms with Crippen LogP contribution >= 0.6 is 11.3 Å². The van der Waals surface area contributed by atoms with Gasteiger partial charge >= 0.3 is 6.18 Å². The normalized spacial score (nSPS) is 24.9. The van der Waals surface area contributed by atoms with Crippen LogP contribution in [0, 0.1) is 11.8 Å². The molecule has 2 heterocycles. The largest absolute Gasteiger partial charge is 0.455 e. The highest BCUT2D eigenvalue weighted by Crippen LogP contribution is 2.39. The molecular formula is C21H27F3N2O3S. The summed E-state index contributed by atoms with van der Waals surface area (Å²) in [4.78, 5) is 38.7. The molecule has 2 amide bonds. The number of halogens is 3. The number of rotatable bonds is 3. The fourth-order valence-electron chi connectivity index (χ4n) is 4.41. The second kappa shape index (κ2) is 8.32. The predicted octanol–water partition coefficient (Wildman–Crippen LogP) is 4.43. The van der Waals surface area contributed by atoms with E-state index < -0.39 is 34.3 Å². The number of alkyl halides is 3. The van der Waals surface area contributed by atoms with Gasteiger partial charge in [0.05, 0.1) is 9.75 Å². The molecule has 0 spiro atoms. The topological polar surface area (TPSA) is 66.5 Å². The van der Waals surface area contributed by atoms with Crippen LogP contribution in [0.1, 0.15) is 72.2 Å². The van der Waals surface area contributed by atoms with Crippen LogP contribution in [0.5, 0.6) is 0 Å². The van der Waals surface area contributed by atoms with E-state index in [1.54, 1.807) is 0 Å². The number of carbonyl (C=O) groups excluding carboxylic acids is 3. The van der Waals surface area contributed by atoms with Gasteiger partial charge < -0.3 is 10.2 Å². The maximum Gasteiger partial charge on any atom is 0.455 e. The summed E-state index contributed by atoms with van der Waals surface area (Å²) in [5, 5.41) is 2.93. The van der Waals surface area contributed by atoms with Crippen molar-refractivity contribution in [3.63, 3.8) is 0 Å². The molecule has 0 aromatic carbocycles. The third kappa shape index (κ3) is 5.04. The van der Waals surface area contributed by atoms with E-state index in [1.165, 1.54) is 11.0 Å². The Kier molecular flexibility index (Phi) is 6.32. The highest BCUT2D eigenvalue weighted by molar-refractivity contribution is 7.16. The van der Waals surface area contributed by atoms with Gasteiger partial charge in [0.15, 0.2) is 0 Å². The number of Topliss-reactive ketones (excluding diaryl/α,β-unsaturated/α-hetero) is 1. The summed E-state index contributed by atoms with van der Waals surface area (Å²) in [6.45, 7) is 5.99.